The predicted octanol–water partition coefficient (Wildman–Crippen LogP) is 1.94. The van der Waals surface area contributed by atoms with Gasteiger partial charge in [-0.1, -0.05) is 6.92 Å². The first kappa shape index (κ1) is 20.1. The second-order valence-electron chi connectivity index (χ2n) is 4.36. The number of rotatable bonds is 9. The monoisotopic (exact) mass is 337 g/mol. The zero-order chi connectivity index (χ0) is 15.0. The maximum atomic E-state index is 12.1. The zero-order valence-corrected chi connectivity index (χ0v) is 14.3. The first-order valence-electron chi connectivity index (χ1n) is 6.72. The van der Waals surface area contributed by atoms with Crippen LogP contribution in [0.25, 0.3) is 0 Å². The quantitative estimate of drug-likeness (QED) is 0.694. The van der Waals surface area contributed by atoms with Crippen LogP contribution in [0.5, 0.6) is 0 Å². The Morgan fingerprint density at radius 2 is 2.24 bits per heavy atom. The highest BCUT2D eigenvalue weighted by atomic mass is 35.5. The van der Waals surface area contributed by atoms with Gasteiger partial charge in [-0.05, 0) is 19.9 Å². The van der Waals surface area contributed by atoms with Gasteiger partial charge in [0, 0.05) is 24.7 Å². The van der Waals surface area contributed by atoms with E-state index in [1.165, 1.54) is 11.3 Å². The van der Waals surface area contributed by atoms with Crippen molar-refractivity contribution in [3.8, 4) is 0 Å². The second-order valence-corrected chi connectivity index (χ2v) is 5.51. The van der Waals surface area contributed by atoms with Gasteiger partial charge in [0.1, 0.15) is 6.04 Å². The van der Waals surface area contributed by atoms with E-state index >= 15 is 0 Å². The van der Waals surface area contributed by atoms with Crippen LogP contribution in [0.15, 0.2) is 6.20 Å². The van der Waals surface area contributed by atoms with E-state index in [-0.39, 0.29) is 18.4 Å². The molecule has 122 valence electrons. The molecule has 0 amide bonds. The Bertz CT molecular complexity index is 417. The summed E-state index contributed by atoms with van der Waals surface area (Å²) in [6.45, 7) is 5.96. The van der Waals surface area contributed by atoms with E-state index in [9.17, 15) is 4.79 Å². The predicted molar refractivity (Wildman–Crippen MR) is 86.8 cm³/mol. The molecule has 6 nitrogen and oxygen atoms in total. The molecule has 1 aromatic rings. The fourth-order valence-corrected chi connectivity index (χ4v) is 2.66. The number of hydrogen-bond donors (Lipinski definition) is 1. The number of thiazole rings is 1. The minimum Gasteiger partial charge on any atom is -0.465 e. The van der Waals surface area contributed by atoms with Crippen LogP contribution < -0.4 is 5.73 Å². The van der Waals surface area contributed by atoms with Crippen LogP contribution in [0.4, 0.5) is 5.13 Å². The van der Waals surface area contributed by atoms with Crippen molar-refractivity contribution in [1.29, 1.82) is 0 Å². The summed E-state index contributed by atoms with van der Waals surface area (Å²) in [6.07, 6.45) is 2.69. The molecule has 0 saturated carbocycles. The molecule has 8 heteroatoms. The van der Waals surface area contributed by atoms with Gasteiger partial charge in [-0.3, -0.25) is 9.69 Å². The summed E-state index contributed by atoms with van der Waals surface area (Å²) in [6, 6.07) is -0.400. The SMILES string of the molecule is CCCN(Cc1cnc(N)s1)C(COC)C(=O)OCC.Cl. The van der Waals surface area contributed by atoms with Crippen molar-refractivity contribution in [1.82, 2.24) is 9.88 Å². The Labute approximate surface area is 136 Å². The molecule has 0 fully saturated rings. The first-order valence-corrected chi connectivity index (χ1v) is 7.53. The molecule has 0 aromatic carbocycles. The summed E-state index contributed by atoms with van der Waals surface area (Å²) in [5.41, 5.74) is 5.64. The zero-order valence-electron chi connectivity index (χ0n) is 12.7. The summed E-state index contributed by atoms with van der Waals surface area (Å²) in [5.74, 6) is -0.250. The molecule has 21 heavy (non-hydrogen) atoms. The lowest BCUT2D eigenvalue weighted by molar-refractivity contribution is -0.152. The number of hydrogen-bond acceptors (Lipinski definition) is 7. The van der Waals surface area contributed by atoms with Gasteiger partial charge in [0.15, 0.2) is 5.13 Å². The number of halogens is 1. The minimum atomic E-state index is -0.400. The van der Waals surface area contributed by atoms with Crippen molar-refractivity contribution in [2.24, 2.45) is 0 Å². The van der Waals surface area contributed by atoms with Crippen LogP contribution >= 0.6 is 23.7 Å². The van der Waals surface area contributed by atoms with Gasteiger partial charge in [0.25, 0.3) is 0 Å². The number of carbonyl (C=O) groups excluding carboxylic acids is 1. The molecule has 0 spiro atoms. The molecule has 0 aliphatic heterocycles. The fraction of sp³-hybridized carbons (Fsp3) is 0.692. The van der Waals surface area contributed by atoms with Gasteiger partial charge in [-0.15, -0.1) is 23.7 Å². The third-order valence-corrected chi connectivity index (χ3v) is 3.58. The van der Waals surface area contributed by atoms with Gasteiger partial charge in [0.05, 0.1) is 13.2 Å². The Hall–Kier alpha value is -0.890. The lowest BCUT2D eigenvalue weighted by Gasteiger charge is -2.28. The number of aromatic nitrogens is 1. The molecule has 0 saturated heterocycles. The van der Waals surface area contributed by atoms with E-state index in [2.05, 4.69) is 16.8 Å². The average Bonchev–Trinajstić information content (AvgIpc) is 2.81. The molecular formula is C13H24ClN3O3S. The summed E-state index contributed by atoms with van der Waals surface area (Å²) in [5, 5.41) is 0.538. The molecular weight excluding hydrogens is 314 g/mol. The van der Waals surface area contributed by atoms with Gasteiger partial charge in [0.2, 0.25) is 0 Å². The summed E-state index contributed by atoms with van der Waals surface area (Å²) < 4.78 is 10.3. The van der Waals surface area contributed by atoms with Crippen LogP contribution in [-0.4, -0.2) is 48.8 Å². The highest BCUT2D eigenvalue weighted by Gasteiger charge is 2.27. The number of nitrogen functional groups attached to an aromatic ring is 1. The van der Waals surface area contributed by atoms with Crippen LogP contribution in [-0.2, 0) is 20.8 Å². The molecule has 1 rings (SSSR count). The van der Waals surface area contributed by atoms with Crippen LogP contribution in [0.1, 0.15) is 25.1 Å². The van der Waals surface area contributed by atoms with E-state index < -0.39 is 6.04 Å². The van der Waals surface area contributed by atoms with Crippen molar-refractivity contribution < 1.29 is 14.3 Å². The van der Waals surface area contributed by atoms with E-state index in [0.717, 1.165) is 17.8 Å². The molecule has 0 bridgehead atoms. The largest absolute Gasteiger partial charge is 0.465 e. The molecule has 1 atom stereocenters. The van der Waals surface area contributed by atoms with Crippen molar-refractivity contribution in [2.75, 3.05) is 32.6 Å². The molecule has 1 heterocycles. The third-order valence-electron chi connectivity index (χ3n) is 2.77. The van der Waals surface area contributed by atoms with Crippen molar-refractivity contribution in [3.63, 3.8) is 0 Å². The van der Waals surface area contributed by atoms with Crippen molar-refractivity contribution in [3.05, 3.63) is 11.1 Å². The van der Waals surface area contributed by atoms with Crippen LogP contribution in [0.3, 0.4) is 0 Å². The summed E-state index contributed by atoms with van der Waals surface area (Å²) >= 11 is 1.43. The normalized spacial score (nSPS) is 12.0. The van der Waals surface area contributed by atoms with Crippen LogP contribution in [0.2, 0.25) is 0 Å². The lowest BCUT2D eigenvalue weighted by Crippen LogP contribution is -2.45. The van der Waals surface area contributed by atoms with E-state index in [1.807, 2.05) is 0 Å². The number of nitrogens with two attached hydrogens (primary N) is 1. The highest BCUT2D eigenvalue weighted by molar-refractivity contribution is 7.15. The van der Waals surface area contributed by atoms with E-state index in [0.29, 0.717) is 24.9 Å². The van der Waals surface area contributed by atoms with Crippen LogP contribution in [0, 0.1) is 0 Å². The van der Waals surface area contributed by atoms with E-state index in [1.54, 1.807) is 20.2 Å². The summed E-state index contributed by atoms with van der Waals surface area (Å²) in [4.78, 5) is 19.2. The van der Waals surface area contributed by atoms with E-state index in [4.69, 9.17) is 15.2 Å². The number of anilines is 1. The van der Waals surface area contributed by atoms with Gasteiger partial charge >= 0.3 is 5.97 Å². The molecule has 0 radical (unpaired) electrons. The second kappa shape index (κ2) is 10.8. The molecule has 1 unspecified atom stereocenters. The third kappa shape index (κ3) is 6.60. The number of carbonyl (C=O) groups is 1. The minimum absolute atomic E-state index is 0. The number of esters is 1. The Morgan fingerprint density at radius 3 is 2.71 bits per heavy atom. The maximum absolute atomic E-state index is 12.1. The Kier molecular flexibility index (Phi) is 10.3. The number of nitrogens with zero attached hydrogens (tertiary/aromatic N) is 2. The summed E-state index contributed by atoms with van der Waals surface area (Å²) in [7, 11) is 1.58. The molecule has 2 N–H and O–H groups in total. The maximum Gasteiger partial charge on any atom is 0.325 e. The molecule has 0 aliphatic carbocycles. The van der Waals surface area contributed by atoms with Gasteiger partial charge < -0.3 is 15.2 Å². The van der Waals surface area contributed by atoms with Gasteiger partial charge in [-0.25, -0.2) is 4.98 Å². The van der Waals surface area contributed by atoms with Crippen molar-refractivity contribution in [2.45, 2.75) is 32.9 Å². The highest BCUT2D eigenvalue weighted by Crippen LogP contribution is 2.18. The number of ether oxygens (including phenoxy) is 2. The molecule has 0 aliphatic rings. The van der Waals surface area contributed by atoms with Crippen molar-refractivity contribution >= 4 is 34.8 Å². The average molecular weight is 338 g/mol. The fourth-order valence-electron chi connectivity index (χ4n) is 1.95. The molecule has 1 aromatic heterocycles. The Morgan fingerprint density at radius 1 is 1.52 bits per heavy atom. The smallest absolute Gasteiger partial charge is 0.325 e. The standard InChI is InChI=1S/C13H23N3O3S.ClH/c1-4-6-16(8-10-7-15-13(14)20-10)11(9-18-3)12(17)19-5-2;/h7,11H,4-6,8-9H2,1-3H3,(H2,14,15);1H. The topological polar surface area (TPSA) is 77.7 Å². The number of methoxy groups -OCH3 is 1. The Balaban J connectivity index is 0.00000400. The lowest BCUT2D eigenvalue weighted by atomic mass is 10.2. The van der Waals surface area contributed by atoms with Gasteiger partial charge in [-0.2, -0.15) is 0 Å². The first-order chi connectivity index (χ1) is 9.62.